The Hall–Kier alpha value is -2.69. The normalized spacial score (nSPS) is 10.2. The summed E-state index contributed by atoms with van der Waals surface area (Å²) in [7, 11) is 0. The van der Waals surface area contributed by atoms with Crippen LogP contribution in [0, 0.1) is 19.7 Å². The van der Waals surface area contributed by atoms with Gasteiger partial charge in [0.05, 0.1) is 0 Å². The Morgan fingerprint density at radius 2 is 1.61 bits per heavy atom. The second kappa shape index (κ2) is 7.54. The summed E-state index contributed by atoms with van der Waals surface area (Å²) in [5, 5.41) is 5.11. The van der Waals surface area contributed by atoms with E-state index in [1.807, 2.05) is 32.0 Å². The molecular weight excluding hydrogens is 295 g/mol. The maximum atomic E-state index is 13.5. The molecule has 0 saturated carbocycles. The Balaban J connectivity index is 1.88. The van der Waals surface area contributed by atoms with Crippen LogP contribution in [0.4, 0.5) is 10.1 Å². The summed E-state index contributed by atoms with van der Waals surface area (Å²) in [4.78, 5) is 23.8. The van der Waals surface area contributed by atoms with Gasteiger partial charge in [0.2, 0.25) is 0 Å². The molecule has 23 heavy (non-hydrogen) atoms. The molecule has 2 N–H and O–H groups in total. The van der Waals surface area contributed by atoms with Crippen molar-refractivity contribution in [1.29, 1.82) is 0 Å². The fourth-order valence-corrected chi connectivity index (χ4v) is 2.27. The zero-order valence-electron chi connectivity index (χ0n) is 13.2. The van der Waals surface area contributed by atoms with Crippen LogP contribution in [0.5, 0.6) is 0 Å². The minimum atomic E-state index is -0.732. The number of nitrogens with one attached hydrogen (secondary N) is 2. The lowest BCUT2D eigenvalue weighted by Gasteiger charge is -2.11. The Morgan fingerprint density at radius 1 is 0.957 bits per heavy atom. The number of hydrogen-bond acceptors (Lipinski definition) is 2. The highest BCUT2D eigenvalue weighted by Crippen LogP contribution is 2.19. The molecule has 0 unspecified atom stereocenters. The SMILES string of the molecule is Cc1cccc(C)c1NC(=O)C(=O)NCCc1ccccc1F. The number of carbonyl (C=O) groups excluding carboxylic acids is 2. The molecule has 0 heterocycles. The van der Waals surface area contributed by atoms with E-state index in [0.717, 1.165) is 11.1 Å². The van der Waals surface area contributed by atoms with Crippen molar-refractivity contribution < 1.29 is 14.0 Å². The van der Waals surface area contributed by atoms with Crippen LogP contribution in [0.2, 0.25) is 0 Å². The molecule has 120 valence electrons. The van der Waals surface area contributed by atoms with E-state index in [1.54, 1.807) is 18.2 Å². The van der Waals surface area contributed by atoms with Gasteiger partial charge >= 0.3 is 11.8 Å². The highest BCUT2D eigenvalue weighted by molar-refractivity contribution is 6.39. The maximum Gasteiger partial charge on any atom is 0.313 e. The molecule has 4 nitrogen and oxygen atoms in total. The summed E-state index contributed by atoms with van der Waals surface area (Å²) in [6, 6.07) is 12.0. The van der Waals surface area contributed by atoms with Crippen LogP contribution in [0.15, 0.2) is 42.5 Å². The van der Waals surface area contributed by atoms with E-state index in [4.69, 9.17) is 0 Å². The van der Waals surface area contributed by atoms with Crippen molar-refractivity contribution >= 4 is 17.5 Å². The first kappa shape index (κ1) is 16.7. The van der Waals surface area contributed by atoms with Crippen LogP contribution >= 0.6 is 0 Å². The van der Waals surface area contributed by atoms with Gasteiger partial charge in [-0.15, -0.1) is 0 Å². The van der Waals surface area contributed by atoms with Gasteiger partial charge in [0.25, 0.3) is 0 Å². The van der Waals surface area contributed by atoms with Crippen molar-refractivity contribution in [2.75, 3.05) is 11.9 Å². The van der Waals surface area contributed by atoms with E-state index < -0.39 is 11.8 Å². The fraction of sp³-hybridized carbons (Fsp3) is 0.222. The van der Waals surface area contributed by atoms with Crippen LogP contribution < -0.4 is 10.6 Å². The van der Waals surface area contributed by atoms with Gasteiger partial charge in [-0.25, -0.2) is 4.39 Å². The number of carbonyl (C=O) groups is 2. The van der Waals surface area contributed by atoms with Crippen LogP contribution in [-0.4, -0.2) is 18.4 Å². The third-order valence-electron chi connectivity index (χ3n) is 3.56. The molecule has 2 aromatic rings. The van der Waals surface area contributed by atoms with Gasteiger partial charge in [-0.3, -0.25) is 9.59 Å². The molecule has 0 aliphatic rings. The van der Waals surface area contributed by atoms with E-state index >= 15 is 0 Å². The Bertz CT molecular complexity index is 708. The lowest BCUT2D eigenvalue weighted by Crippen LogP contribution is -2.36. The Labute approximate surface area is 134 Å². The first-order chi connectivity index (χ1) is 11.0. The van der Waals surface area contributed by atoms with Crippen LogP contribution in [0.25, 0.3) is 0 Å². The minimum absolute atomic E-state index is 0.194. The summed E-state index contributed by atoms with van der Waals surface area (Å²) >= 11 is 0. The number of rotatable bonds is 4. The predicted octanol–water partition coefficient (Wildman–Crippen LogP) is 2.74. The molecule has 0 fully saturated rings. The number of aryl methyl sites for hydroxylation is 2. The number of amides is 2. The molecule has 2 rings (SSSR count). The summed E-state index contributed by atoms with van der Waals surface area (Å²) in [6.45, 7) is 3.91. The fourth-order valence-electron chi connectivity index (χ4n) is 2.27. The smallest absolute Gasteiger partial charge is 0.313 e. The Kier molecular flexibility index (Phi) is 5.46. The zero-order chi connectivity index (χ0) is 16.8. The standard InChI is InChI=1S/C18H19FN2O2/c1-12-6-5-7-13(2)16(12)21-18(23)17(22)20-11-10-14-8-3-4-9-15(14)19/h3-9H,10-11H2,1-2H3,(H,20,22)(H,21,23). The lowest BCUT2D eigenvalue weighted by atomic mass is 10.1. The highest BCUT2D eigenvalue weighted by Gasteiger charge is 2.15. The first-order valence-corrected chi connectivity index (χ1v) is 7.38. The van der Waals surface area contributed by atoms with Crippen LogP contribution in [-0.2, 0) is 16.0 Å². The highest BCUT2D eigenvalue weighted by atomic mass is 19.1. The molecule has 5 heteroatoms. The van der Waals surface area contributed by atoms with Crippen molar-refractivity contribution in [1.82, 2.24) is 5.32 Å². The number of benzene rings is 2. The predicted molar refractivity (Wildman–Crippen MR) is 87.7 cm³/mol. The molecule has 0 aliphatic heterocycles. The van der Waals surface area contributed by atoms with E-state index in [9.17, 15) is 14.0 Å². The van der Waals surface area contributed by atoms with E-state index in [2.05, 4.69) is 10.6 Å². The molecular formula is C18H19FN2O2. The van der Waals surface area contributed by atoms with Gasteiger partial charge in [-0.05, 0) is 43.0 Å². The van der Waals surface area contributed by atoms with E-state index in [0.29, 0.717) is 17.7 Å². The monoisotopic (exact) mass is 314 g/mol. The molecule has 0 bridgehead atoms. The summed E-state index contributed by atoms with van der Waals surface area (Å²) in [5.74, 6) is -1.78. The maximum absolute atomic E-state index is 13.5. The van der Waals surface area contributed by atoms with Crippen molar-refractivity contribution in [3.8, 4) is 0 Å². The van der Waals surface area contributed by atoms with E-state index in [1.165, 1.54) is 6.07 Å². The number of halogens is 1. The number of para-hydroxylation sites is 1. The molecule has 0 spiro atoms. The molecule has 0 atom stereocenters. The van der Waals surface area contributed by atoms with Crippen molar-refractivity contribution in [2.24, 2.45) is 0 Å². The molecule has 0 radical (unpaired) electrons. The summed E-state index contributed by atoms with van der Waals surface area (Å²) in [6.07, 6.45) is 0.328. The largest absolute Gasteiger partial charge is 0.347 e. The molecule has 0 aromatic heterocycles. The number of hydrogen-bond donors (Lipinski definition) is 2. The van der Waals surface area contributed by atoms with Crippen molar-refractivity contribution in [3.05, 3.63) is 65.0 Å². The third kappa shape index (κ3) is 4.39. The summed E-state index contributed by atoms with van der Waals surface area (Å²) in [5.41, 5.74) is 2.92. The van der Waals surface area contributed by atoms with Crippen LogP contribution in [0.1, 0.15) is 16.7 Å². The van der Waals surface area contributed by atoms with Gasteiger partial charge in [-0.1, -0.05) is 36.4 Å². The minimum Gasteiger partial charge on any atom is -0.347 e. The molecule has 0 aliphatic carbocycles. The topological polar surface area (TPSA) is 58.2 Å². The van der Waals surface area contributed by atoms with Crippen molar-refractivity contribution in [3.63, 3.8) is 0 Å². The average Bonchev–Trinajstić information content (AvgIpc) is 2.52. The molecule has 0 saturated heterocycles. The van der Waals surface area contributed by atoms with Gasteiger partial charge < -0.3 is 10.6 Å². The Morgan fingerprint density at radius 3 is 2.26 bits per heavy atom. The number of anilines is 1. The van der Waals surface area contributed by atoms with Crippen molar-refractivity contribution in [2.45, 2.75) is 20.3 Å². The first-order valence-electron chi connectivity index (χ1n) is 7.38. The lowest BCUT2D eigenvalue weighted by molar-refractivity contribution is -0.136. The quantitative estimate of drug-likeness (QED) is 0.853. The third-order valence-corrected chi connectivity index (χ3v) is 3.56. The van der Waals surface area contributed by atoms with E-state index in [-0.39, 0.29) is 12.4 Å². The van der Waals surface area contributed by atoms with Gasteiger partial charge in [-0.2, -0.15) is 0 Å². The second-order valence-corrected chi connectivity index (χ2v) is 5.32. The molecule has 2 aromatic carbocycles. The van der Waals surface area contributed by atoms with Gasteiger partial charge in [0, 0.05) is 12.2 Å². The molecule has 2 amide bonds. The zero-order valence-corrected chi connectivity index (χ0v) is 13.2. The van der Waals surface area contributed by atoms with Gasteiger partial charge in [0.1, 0.15) is 5.82 Å². The average molecular weight is 314 g/mol. The second-order valence-electron chi connectivity index (χ2n) is 5.32. The van der Waals surface area contributed by atoms with Crippen LogP contribution in [0.3, 0.4) is 0 Å². The summed E-state index contributed by atoms with van der Waals surface area (Å²) < 4.78 is 13.5. The van der Waals surface area contributed by atoms with Gasteiger partial charge in [0.15, 0.2) is 0 Å².